The summed E-state index contributed by atoms with van der Waals surface area (Å²) in [6, 6.07) is 14.0. The van der Waals surface area contributed by atoms with Crippen LogP contribution in [0.3, 0.4) is 0 Å². The number of hydrogen-bond acceptors (Lipinski definition) is 7. The van der Waals surface area contributed by atoms with Crippen LogP contribution >= 0.6 is 0 Å². The van der Waals surface area contributed by atoms with Crippen molar-refractivity contribution in [3.05, 3.63) is 60.3 Å². The fourth-order valence-electron chi connectivity index (χ4n) is 2.83. The van der Waals surface area contributed by atoms with Gasteiger partial charge in [-0.1, -0.05) is 0 Å². The van der Waals surface area contributed by atoms with Crippen molar-refractivity contribution in [2.24, 2.45) is 0 Å². The van der Waals surface area contributed by atoms with Crippen molar-refractivity contribution in [2.75, 3.05) is 31.6 Å². The third-order valence-electron chi connectivity index (χ3n) is 4.33. The highest BCUT2D eigenvalue weighted by Crippen LogP contribution is 2.33. The Balaban J connectivity index is 1.43. The van der Waals surface area contributed by atoms with Crippen LogP contribution in [0.5, 0.6) is 23.0 Å². The number of pyridine rings is 1. The average molecular weight is 393 g/mol. The zero-order valence-electron chi connectivity index (χ0n) is 15.9. The predicted octanol–water partition coefficient (Wildman–Crippen LogP) is 3.82. The quantitative estimate of drug-likeness (QED) is 0.658. The van der Waals surface area contributed by atoms with Crippen molar-refractivity contribution in [3.63, 3.8) is 0 Å². The molecule has 8 heteroatoms. The SMILES string of the molecule is COc1ccc(Nc2ccc(NC(=O)c3ccc4c(c3)OCO4)nc2)c(OC)c1. The maximum Gasteiger partial charge on any atom is 0.256 e. The van der Waals surface area contributed by atoms with Crippen molar-refractivity contribution in [2.45, 2.75) is 0 Å². The van der Waals surface area contributed by atoms with Gasteiger partial charge in [0.2, 0.25) is 6.79 Å². The number of aromatic nitrogens is 1. The summed E-state index contributed by atoms with van der Waals surface area (Å²) in [5.41, 5.74) is 1.98. The molecule has 29 heavy (non-hydrogen) atoms. The van der Waals surface area contributed by atoms with E-state index < -0.39 is 0 Å². The normalized spacial score (nSPS) is 11.7. The minimum Gasteiger partial charge on any atom is -0.497 e. The maximum atomic E-state index is 12.4. The Hall–Kier alpha value is -3.94. The first kappa shape index (κ1) is 18.4. The summed E-state index contributed by atoms with van der Waals surface area (Å²) in [5, 5.41) is 5.99. The number of rotatable bonds is 6. The van der Waals surface area contributed by atoms with E-state index >= 15 is 0 Å². The molecule has 1 aliphatic heterocycles. The van der Waals surface area contributed by atoms with Crippen LogP contribution in [0.25, 0.3) is 0 Å². The lowest BCUT2D eigenvalue weighted by molar-refractivity contribution is 0.102. The maximum absolute atomic E-state index is 12.4. The van der Waals surface area contributed by atoms with Gasteiger partial charge < -0.3 is 29.6 Å². The molecule has 4 rings (SSSR count). The summed E-state index contributed by atoms with van der Waals surface area (Å²) in [5.74, 6) is 2.67. The monoisotopic (exact) mass is 393 g/mol. The average Bonchev–Trinajstić information content (AvgIpc) is 3.23. The molecule has 1 amide bonds. The van der Waals surface area contributed by atoms with Gasteiger partial charge in [-0.05, 0) is 42.5 Å². The topological polar surface area (TPSA) is 90.9 Å². The molecule has 0 bridgehead atoms. The van der Waals surface area contributed by atoms with Gasteiger partial charge in [0.05, 0.1) is 31.8 Å². The molecule has 0 saturated heterocycles. The van der Waals surface area contributed by atoms with Crippen molar-refractivity contribution in [1.82, 2.24) is 4.98 Å². The van der Waals surface area contributed by atoms with Crippen LogP contribution in [0.4, 0.5) is 17.2 Å². The van der Waals surface area contributed by atoms with E-state index in [1.165, 1.54) is 0 Å². The number of hydrogen-bond donors (Lipinski definition) is 2. The third kappa shape index (κ3) is 4.01. The Morgan fingerprint density at radius 1 is 1.00 bits per heavy atom. The fourth-order valence-corrected chi connectivity index (χ4v) is 2.83. The highest BCUT2D eigenvalue weighted by molar-refractivity contribution is 6.04. The molecule has 2 aromatic carbocycles. The number of benzene rings is 2. The van der Waals surface area contributed by atoms with Crippen LogP contribution in [0.15, 0.2) is 54.7 Å². The van der Waals surface area contributed by atoms with Crippen LogP contribution in [-0.2, 0) is 0 Å². The molecule has 1 aromatic heterocycles. The third-order valence-corrected chi connectivity index (χ3v) is 4.33. The van der Waals surface area contributed by atoms with E-state index in [9.17, 15) is 4.79 Å². The van der Waals surface area contributed by atoms with Crippen LogP contribution in [0, 0.1) is 0 Å². The summed E-state index contributed by atoms with van der Waals surface area (Å²) in [7, 11) is 3.19. The van der Waals surface area contributed by atoms with Gasteiger partial charge in [0.1, 0.15) is 17.3 Å². The van der Waals surface area contributed by atoms with Crippen molar-refractivity contribution < 1.29 is 23.7 Å². The number of ether oxygens (including phenoxy) is 4. The van der Waals surface area contributed by atoms with Gasteiger partial charge >= 0.3 is 0 Å². The van der Waals surface area contributed by atoms with Crippen LogP contribution in [0.2, 0.25) is 0 Å². The second-order valence-electron chi connectivity index (χ2n) is 6.15. The molecule has 0 fully saturated rings. The summed E-state index contributed by atoms with van der Waals surface area (Å²) in [6.07, 6.45) is 1.62. The summed E-state index contributed by atoms with van der Waals surface area (Å²) >= 11 is 0. The molecule has 0 atom stereocenters. The van der Waals surface area contributed by atoms with Crippen molar-refractivity contribution in [3.8, 4) is 23.0 Å². The molecule has 2 N–H and O–H groups in total. The number of amides is 1. The molecular formula is C21H19N3O5. The summed E-state index contributed by atoms with van der Waals surface area (Å²) in [6.45, 7) is 0.162. The molecule has 0 spiro atoms. The lowest BCUT2D eigenvalue weighted by Crippen LogP contribution is -2.12. The predicted molar refractivity (Wildman–Crippen MR) is 108 cm³/mol. The molecule has 0 radical (unpaired) electrons. The standard InChI is InChI=1S/C21H19N3O5/c1-26-15-5-6-16(18(10-15)27-2)23-14-4-8-20(22-11-14)24-21(25)13-3-7-17-19(9-13)29-12-28-17/h3-11,23H,12H2,1-2H3,(H,22,24,25). The number of nitrogens with one attached hydrogen (secondary N) is 2. The Kier molecular flexibility index (Phi) is 5.07. The fraction of sp³-hybridized carbons (Fsp3) is 0.143. The van der Waals surface area contributed by atoms with Gasteiger partial charge in [-0.15, -0.1) is 0 Å². The number of fused-ring (bicyclic) bond motifs is 1. The van der Waals surface area contributed by atoms with E-state index in [4.69, 9.17) is 18.9 Å². The Labute approximate surface area is 167 Å². The smallest absolute Gasteiger partial charge is 0.256 e. The second-order valence-corrected chi connectivity index (χ2v) is 6.15. The zero-order valence-corrected chi connectivity index (χ0v) is 15.9. The van der Waals surface area contributed by atoms with Gasteiger partial charge in [-0.2, -0.15) is 0 Å². The summed E-state index contributed by atoms with van der Waals surface area (Å²) in [4.78, 5) is 16.7. The first-order valence-electron chi connectivity index (χ1n) is 8.82. The van der Waals surface area contributed by atoms with E-state index in [0.29, 0.717) is 34.4 Å². The lowest BCUT2D eigenvalue weighted by Gasteiger charge is -2.12. The number of nitrogens with zero attached hydrogens (tertiary/aromatic N) is 1. The molecule has 3 aromatic rings. The van der Waals surface area contributed by atoms with Crippen molar-refractivity contribution >= 4 is 23.1 Å². The molecule has 2 heterocycles. The number of carbonyl (C=O) groups is 1. The van der Waals surface area contributed by atoms with Crippen molar-refractivity contribution in [1.29, 1.82) is 0 Å². The lowest BCUT2D eigenvalue weighted by atomic mass is 10.2. The Bertz CT molecular complexity index is 1040. The van der Waals surface area contributed by atoms with Gasteiger partial charge in [-0.3, -0.25) is 4.79 Å². The largest absolute Gasteiger partial charge is 0.497 e. The van der Waals surface area contributed by atoms with E-state index in [-0.39, 0.29) is 12.7 Å². The van der Waals surface area contributed by atoms with Gasteiger partial charge in [0.15, 0.2) is 11.5 Å². The van der Waals surface area contributed by atoms with Gasteiger partial charge in [0, 0.05) is 11.6 Å². The molecule has 148 valence electrons. The van der Waals surface area contributed by atoms with Crippen LogP contribution < -0.4 is 29.6 Å². The number of methoxy groups -OCH3 is 2. The van der Waals surface area contributed by atoms with E-state index in [1.54, 1.807) is 50.7 Å². The highest BCUT2D eigenvalue weighted by Gasteiger charge is 2.16. The number of anilines is 3. The Morgan fingerprint density at radius 3 is 2.62 bits per heavy atom. The molecule has 1 aliphatic rings. The molecule has 0 saturated carbocycles. The first-order chi connectivity index (χ1) is 14.2. The van der Waals surface area contributed by atoms with Crippen LogP contribution in [-0.4, -0.2) is 31.9 Å². The minimum atomic E-state index is -0.284. The zero-order chi connectivity index (χ0) is 20.2. The summed E-state index contributed by atoms with van der Waals surface area (Å²) < 4.78 is 21.1. The van der Waals surface area contributed by atoms with E-state index in [1.807, 2.05) is 18.2 Å². The Morgan fingerprint density at radius 2 is 1.86 bits per heavy atom. The van der Waals surface area contributed by atoms with E-state index in [2.05, 4.69) is 15.6 Å². The molecule has 8 nitrogen and oxygen atoms in total. The minimum absolute atomic E-state index is 0.162. The highest BCUT2D eigenvalue weighted by atomic mass is 16.7. The number of carbonyl (C=O) groups excluding carboxylic acids is 1. The molecule has 0 aliphatic carbocycles. The first-order valence-corrected chi connectivity index (χ1v) is 8.82. The van der Waals surface area contributed by atoms with E-state index in [0.717, 1.165) is 11.4 Å². The van der Waals surface area contributed by atoms with Gasteiger partial charge in [0.25, 0.3) is 5.91 Å². The molecular weight excluding hydrogens is 374 g/mol. The molecule has 0 unspecified atom stereocenters. The second kappa shape index (κ2) is 7.97. The van der Waals surface area contributed by atoms with Crippen LogP contribution in [0.1, 0.15) is 10.4 Å². The van der Waals surface area contributed by atoms with Gasteiger partial charge in [-0.25, -0.2) is 4.98 Å².